The topological polar surface area (TPSA) is 66.5 Å². The molecular weight excluding hydrogens is 280 g/mol. The Bertz CT molecular complexity index is 599. The van der Waals surface area contributed by atoms with E-state index in [1.165, 1.54) is 0 Å². The van der Waals surface area contributed by atoms with Crippen molar-refractivity contribution in [2.75, 3.05) is 13.1 Å². The van der Waals surface area contributed by atoms with Gasteiger partial charge in [-0.15, -0.1) is 0 Å². The van der Waals surface area contributed by atoms with Gasteiger partial charge in [0.25, 0.3) is 5.91 Å². The van der Waals surface area contributed by atoms with Gasteiger partial charge in [-0.25, -0.2) is 0 Å². The van der Waals surface area contributed by atoms with Gasteiger partial charge in [0.2, 0.25) is 11.8 Å². The van der Waals surface area contributed by atoms with Gasteiger partial charge < -0.3 is 4.90 Å². The lowest BCUT2D eigenvalue weighted by Gasteiger charge is -2.40. The lowest BCUT2D eigenvalue weighted by molar-refractivity contribution is -0.137. The molecule has 1 spiro atoms. The van der Waals surface area contributed by atoms with Gasteiger partial charge in [-0.3, -0.25) is 19.7 Å². The molecule has 1 N–H and O–H groups in total. The Hall–Kier alpha value is -2.17. The van der Waals surface area contributed by atoms with Crippen LogP contribution in [0.4, 0.5) is 0 Å². The summed E-state index contributed by atoms with van der Waals surface area (Å²) < 4.78 is 0. The summed E-state index contributed by atoms with van der Waals surface area (Å²) in [5.74, 6) is -0.447. The quantitative estimate of drug-likeness (QED) is 0.803. The molecule has 5 nitrogen and oxygen atoms in total. The van der Waals surface area contributed by atoms with E-state index in [2.05, 4.69) is 5.32 Å². The van der Waals surface area contributed by atoms with Crippen molar-refractivity contribution in [3.05, 3.63) is 35.9 Å². The van der Waals surface area contributed by atoms with Crippen molar-refractivity contribution in [3.8, 4) is 0 Å². The van der Waals surface area contributed by atoms with Gasteiger partial charge in [0.1, 0.15) is 0 Å². The minimum absolute atomic E-state index is 0.0388. The van der Waals surface area contributed by atoms with Gasteiger partial charge in [-0.05, 0) is 37.8 Å². The summed E-state index contributed by atoms with van der Waals surface area (Å²) in [6.45, 7) is 1.07. The zero-order valence-corrected chi connectivity index (χ0v) is 12.5. The highest BCUT2D eigenvalue weighted by atomic mass is 16.2. The summed E-state index contributed by atoms with van der Waals surface area (Å²) in [6.07, 6.45) is 3.29. The average molecular weight is 300 g/mol. The summed E-state index contributed by atoms with van der Waals surface area (Å²) in [7, 11) is 0. The summed E-state index contributed by atoms with van der Waals surface area (Å²) in [5, 5.41) is 2.49. The average Bonchev–Trinajstić information content (AvgIpc) is 2.67. The van der Waals surface area contributed by atoms with E-state index in [9.17, 15) is 14.4 Å². The molecule has 116 valence electrons. The number of carbonyl (C=O) groups is 3. The Morgan fingerprint density at radius 2 is 1.82 bits per heavy atom. The SMILES string of the molecule is O=C1CCCC2(CCCN(C(=O)c3ccccc3)C2)C(=O)N1. The molecule has 0 saturated carbocycles. The number of nitrogens with one attached hydrogen (secondary N) is 1. The molecule has 2 saturated heterocycles. The van der Waals surface area contributed by atoms with Crippen LogP contribution in [0.2, 0.25) is 0 Å². The first-order chi connectivity index (χ1) is 10.6. The molecule has 1 aromatic rings. The van der Waals surface area contributed by atoms with Crippen LogP contribution in [0.25, 0.3) is 0 Å². The fourth-order valence-electron chi connectivity index (χ4n) is 3.48. The molecule has 0 bridgehead atoms. The largest absolute Gasteiger partial charge is 0.338 e. The fraction of sp³-hybridized carbons (Fsp3) is 0.471. The first-order valence-corrected chi connectivity index (χ1v) is 7.79. The zero-order chi connectivity index (χ0) is 15.6. The van der Waals surface area contributed by atoms with Crippen molar-refractivity contribution in [1.29, 1.82) is 0 Å². The molecule has 3 amide bonds. The summed E-state index contributed by atoms with van der Waals surface area (Å²) in [4.78, 5) is 38.3. The predicted octanol–water partition coefficient (Wildman–Crippen LogP) is 1.74. The molecule has 3 rings (SSSR count). The molecule has 5 heteroatoms. The highest BCUT2D eigenvalue weighted by Gasteiger charge is 2.44. The third-order valence-corrected chi connectivity index (χ3v) is 4.68. The first kappa shape index (κ1) is 14.8. The number of piperidine rings is 1. The van der Waals surface area contributed by atoms with Crippen LogP contribution in [-0.2, 0) is 9.59 Å². The van der Waals surface area contributed by atoms with E-state index < -0.39 is 5.41 Å². The monoisotopic (exact) mass is 300 g/mol. The maximum atomic E-state index is 12.6. The molecule has 1 aromatic carbocycles. The van der Waals surface area contributed by atoms with Crippen LogP contribution < -0.4 is 5.32 Å². The van der Waals surface area contributed by atoms with E-state index in [4.69, 9.17) is 0 Å². The summed E-state index contributed by atoms with van der Waals surface area (Å²) >= 11 is 0. The molecule has 2 fully saturated rings. The van der Waals surface area contributed by atoms with Crippen LogP contribution in [0.15, 0.2) is 30.3 Å². The Morgan fingerprint density at radius 1 is 1.09 bits per heavy atom. The van der Waals surface area contributed by atoms with E-state index in [1.807, 2.05) is 18.2 Å². The molecule has 0 aliphatic carbocycles. The predicted molar refractivity (Wildman–Crippen MR) is 81.0 cm³/mol. The second-order valence-electron chi connectivity index (χ2n) is 6.21. The summed E-state index contributed by atoms with van der Waals surface area (Å²) in [6, 6.07) is 9.13. The Morgan fingerprint density at radius 3 is 2.59 bits per heavy atom. The maximum absolute atomic E-state index is 12.6. The van der Waals surface area contributed by atoms with Crippen LogP contribution in [0, 0.1) is 5.41 Å². The second-order valence-corrected chi connectivity index (χ2v) is 6.21. The number of imide groups is 1. The van der Waals surface area contributed by atoms with Crippen molar-refractivity contribution in [3.63, 3.8) is 0 Å². The van der Waals surface area contributed by atoms with E-state index in [1.54, 1.807) is 17.0 Å². The highest BCUT2D eigenvalue weighted by Crippen LogP contribution is 2.37. The Balaban J connectivity index is 1.80. The highest BCUT2D eigenvalue weighted by molar-refractivity contribution is 6.00. The van der Waals surface area contributed by atoms with E-state index in [0.29, 0.717) is 37.9 Å². The van der Waals surface area contributed by atoms with Crippen LogP contribution in [-0.4, -0.2) is 35.7 Å². The molecule has 0 aromatic heterocycles. The number of likely N-dealkylation sites (tertiary alicyclic amines) is 1. The van der Waals surface area contributed by atoms with Gasteiger partial charge in [-0.1, -0.05) is 18.2 Å². The van der Waals surface area contributed by atoms with Gasteiger partial charge in [0, 0.05) is 25.1 Å². The van der Waals surface area contributed by atoms with Crippen LogP contribution >= 0.6 is 0 Å². The van der Waals surface area contributed by atoms with Crippen molar-refractivity contribution in [2.45, 2.75) is 32.1 Å². The minimum atomic E-state index is -0.602. The van der Waals surface area contributed by atoms with Gasteiger partial charge in [0.15, 0.2) is 0 Å². The first-order valence-electron chi connectivity index (χ1n) is 7.79. The smallest absolute Gasteiger partial charge is 0.253 e. The number of nitrogens with zero attached hydrogens (tertiary/aromatic N) is 1. The van der Waals surface area contributed by atoms with Crippen LogP contribution in [0.1, 0.15) is 42.5 Å². The third-order valence-electron chi connectivity index (χ3n) is 4.68. The number of hydrogen-bond donors (Lipinski definition) is 1. The molecular formula is C17H20N2O3. The fourth-order valence-corrected chi connectivity index (χ4v) is 3.48. The maximum Gasteiger partial charge on any atom is 0.253 e. The molecule has 1 atom stereocenters. The van der Waals surface area contributed by atoms with Crippen molar-refractivity contribution in [1.82, 2.24) is 10.2 Å². The lowest BCUT2D eigenvalue weighted by Crippen LogP contribution is -2.53. The molecule has 0 radical (unpaired) electrons. The van der Waals surface area contributed by atoms with Gasteiger partial charge in [-0.2, -0.15) is 0 Å². The number of hydrogen-bond acceptors (Lipinski definition) is 3. The van der Waals surface area contributed by atoms with Crippen molar-refractivity contribution >= 4 is 17.7 Å². The Labute approximate surface area is 129 Å². The van der Waals surface area contributed by atoms with Crippen molar-refractivity contribution < 1.29 is 14.4 Å². The van der Waals surface area contributed by atoms with E-state index in [-0.39, 0.29) is 17.7 Å². The molecule has 22 heavy (non-hydrogen) atoms. The third kappa shape index (κ3) is 2.75. The van der Waals surface area contributed by atoms with Gasteiger partial charge >= 0.3 is 0 Å². The van der Waals surface area contributed by atoms with E-state index >= 15 is 0 Å². The second kappa shape index (κ2) is 5.91. The lowest BCUT2D eigenvalue weighted by atomic mass is 9.75. The molecule has 1 unspecified atom stereocenters. The Kier molecular flexibility index (Phi) is 3.96. The summed E-state index contributed by atoms with van der Waals surface area (Å²) in [5.41, 5.74) is 0.0409. The standard InChI is InChI=1S/C17H20N2O3/c20-14-8-4-9-17(16(22)18-14)10-5-11-19(12-17)15(21)13-6-2-1-3-7-13/h1-3,6-7H,4-5,8-12H2,(H,18,20,22). The van der Waals surface area contributed by atoms with Crippen LogP contribution in [0.3, 0.4) is 0 Å². The van der Waals surface area contributed by atoms with Gasteiger partial charge in [0.05, 0.1) is 5.41 Å². The number of rotatable bonds is 1. The zero-order valence-electron chi connectivity index (χ0n) is 12.5. The normalized spacial score (nSPS) is 25.7. The molecule has 2 aliphatic heterocycles. The molecule has 2 heterocycles. The minimum Gasteiger partial charge on any atom is -0.338 e. The van der Waals surface area contributed by atoms with Crippen LogP contribution in [0.5, 0.6) is 0 Å². The van der Waals surface area contributed by atoms with E-state index in [0.717, 1.165) is 12.8 Å². The number of amides is 3. The van der Waals surface area contributed by atoms with Crippen molar-refractivity contribution in [2.24, 2.45) is 5.41 Å². The number of carbonyl (C=O) groups excluding carboxylic acids is 3. The molecule has 2 aliphatic rings. The number of benzene rings is 1.